The summed E-state index contributed by atoms with van der Waals surface area (Å²) in [5, 5.41) is 10.2. The molecule has 1 saturated carbocycles. The fourth-order valence-corrected chi connectivity index (χ4v) is 4.75. The van der Waals surface area contributed by atoms with E-state index in [-0.39, 0.29) is 10.9 Å². The van der Waals surface area contributed by atoms with Crippen molar-refractivity contribution in [3.8, 4) is 0 Å². The van der Waals surface area contributed by atoms with Crippen molar-refractivity contribution in [2.45, 2.75) is 54.9 Å². The van der Waals surface area contributed by atoms with Gasteiger partial charge in [-0.2, -0.15) is 11.8 Å². The number of aliphatic hydroxyl groups excluding tert-OH is 1. The van der Waals surface area contributed by atoms with E-state index in [1.807, 2.05) is 11.8 Å². The molecule has 21 heavy (non-hydrogen) atoms. The smallest absolute Gasteiger partial charge is 0.240 e. The lowest BCUT2D eigenvalue weighted by atomic mass is 9.96. The van der Waals surface area contributed by atoms with E-state index >= 15 is 0 Å². The summed E-state index contributed by atoms with van der Waals surface area (Å²) in [6, 6.07) is 6.53. The molecule has 1 aliphatic rings. The van der Waals surface area contributed by atoms with Crippen LogP contribution in [0.4, 0.5) is 0 Å². The van der Waals surface area contributed by atoms with Gasteiger partial charge in [-0.15, -0.1) is 0 Å². The topological polar surface area (TPSA) is 66.4 Å². The van der Waals surface area contributed by atoms with Crippen LogP contribution in [-0.4, -0.2) is 31.1 Å². The summed E-state index contributed by atoms with van der Waals surface area (Å²) in [5.41, 5.74) is 0.615. The van der Waals surface area contributed by atoms with Gasteiger partial charge < -0.3 is 5.11 Å². The molecule has 1 aromatic rings. The normalized spacial score (nSPS) is 24.7. The van der Waals surface area contributed by atoms with Crippen molar-refractivity contribution in [2.24, 2.45) is 0 Å². The van der Waals surface area contributed by atoms with Crippen LogP contribution < -0.4 is 4.72 Å². The van der Waals surface area contributed by atoms with Crippen LogP contribution in [0.3, 0.4) is 0 Å². The Kier molecular flexibility index (Phi) is 5.71. The first-order chi connectivity index (χ1) is 9.92. The number of nitrogens with one attached hydrogen (secondary N) is 1. The van der Waals surface area contributed by atoms with E-state index in [2.05, 4.69) is 11.0 Å². The molecule has 0 spiro atoms. The summed E-state index contributed by atoms with van der Waals surface area (Å²) in [6.07, 6.45) is 5.33. The molecular weight excluding hydrogens is 306 g/mol. The van der Waals surface area contributed by atoms with E-state index in [9.17, 15) is 13.5 Å². The summed E-state index contributed by atoms with van der Waals surface area (Å²) in [7, 11) is -3.51. The molecule has 2 rings (SSSR count). The van der Waals surface area contributed by atoms with E-state index in [0.29, 0.717) is 10.8 Å². The zero-order valence-corrected chi connectivity index (χ0v) is 14.1. The third-order valence-electron chi connectivity index (χ3n) is 3.98. The molecule has 2 N–H and O–H groups in total. The van der Waals surface area contributed by atoms with Crippen LogP contribution >= 0.6 is 11.8 Å². The Labute approximate surface area is 131 Å². The molecule has 1 atom stereocenters. The minimum absolute atomic E-state index is 0.0219. The first kappa shape index (κ1) is 16.8. The lowest BCUT2D eigenvalue weighted by Gasteiger charge is -2.27. The fourth-order valence-electron chi connectivity index (χ4n) is 2.65. The Bertz CT molecular complexity index is 564. The van der Waals surface area contributed by atoms with E-state index < -0.39 is 16.1 Å². The first-order valence-corrected chi connectivity index (χ1v) is 10.0. The summed E-state index contributed by atoms with van der Waals surface area (Å²) in [4.78, 5) is 0.230. The molecule has 0 bridgehead atoms. The minimum atomic E-state index is -3.51. The summed E-state index contributed by atoms with van der Waals surface area (Å²) < 4.78 is 27.7. The Balaban J connectivity index is 2.07. The third-order valence-corrected chi connectivity index (χ3v) is 6.64. The molecule has 118 valence electrons. The molecule has 0 amide bonds. The SMILES string of the molecule is CSC1CCC(NS(=O)(=O)c2cccc(C(C)O)c2)CC1. The van der Waals surface area contributed by atoms with Gasteiger partial charge in [-0.05, 0) is 56.6 Å². The summed E-state index contributed by atoms with van der Waals surface area (Å²) in [6.45, 7) is 1.63. The molecule has 4 nitrogen and oxygen atoms in total. The molecule has 0 heterocycles. The maximum atomic E-state index is 12.4. The predicted molar refractivity (Wildman–Crippen MR) is 87.0 cm³/mol. The lowest BCUT2D eigenvalue weighted by molar-refractivity contribution is 0.199. The molecular formula is C15H23NO3S2. The quantitative estimate of drug-likeness (QED) is 0.871. The average molecular weight is 329 g/mol. The zero-order valence-electron chi connectivity index (χ0n) is 12.5. The van der Waals surface area contributed by atoms with Gasteiger partial charge in [0.1, 0.15) is 0 Å². The Hall–Kier alpha value is -0.560. The van der Waals surface area contributed by atoms with Crippen LogP contribution in [0.15, 0.2) is 29.2 Å². The van der Waals surface area contributed by atoms with Gasteiger partial charge in [-0.25, -0.2) is 13.1 Å². The van der Waals surface area contributed by atoms with Gasteiger partial charge in [0.25, 0.3) is 0 Å². The van der Waals surface area contributed by atoms with Crippen molar-refractivity contribution < 1.29 is 13.5 Å². The number of aliphatic hydroxyl groups is 1. The summed E-state index contributed by atoms with van der Waals surface area (Å²) >= 11 is 1.86. The highest BCUT2D eigenvalue weighted by molar-refractivity contribution is 7.99. The second-order valence-electron chi connectivity index (χ2n) is 5.58. The molecule has 0 saturated heterocycles. The third kappa shape index (κ3) is 4.45. The van der Waals surface area contributed by atoms with Gasteiger partial charge in [0.05, 0.1) is 11.0 Å². The van der Waals surface area contributed by atoms with Crippen molar-refractivity contribution in [3.63, 3.8) is 0 Å². The van der Waals surface area contributed by atoms with Crippen LogP contribution in [0.5, 0.6) is 0 Å². The molecule has 1 unspecified atom stereocenters. The predicted octanol–water partition coefficient (Wildman–Crippen LogP) is 2.69. The van der Waals surface area contributed by atoms with Gasteiger partial charge in [-0.3, -0.25) is 0 Å². The monoisotopic (exact) mass is 329 g/mol. The largest absolute Gasteiger partial charge is 0.389 e. The fraction of sp³-hybridized carbons (Fsp3) is 0.600. The highest BCUT2D eigenvalue weighted by Gasteiger charge is 2.25. The van der Waals surface area contributed by atoms with Crippen LogP contribution in [-0.2, 0) is 10.0 Å². The van der Waals surface area contributed by atoms with Crippen molar-refractivity contribution >= 4 is 21.8 Å². The maximum Gasteiger partial charge on any atom is 0.240 e. The van der Waals surface area contributed by atoms with Crippen LogP contribution in [0.2, 0.25) is 0 Å². The van der Waals surface area contributed by atoms with E-state index in [1.165, 1.54) is 0 Å². The van der Waals surface area contributed by atoms with Crippen molar-refractivity contribution in [2.75, 3.05) is 6.26 Å². The highest BCUT2D eigenvalue weighted by Crippen LogP contribution is 2.28. The zero-order chi connectivity index (χ0) is 15.5. The Morgan fingerprint density at radius 2 is 1.95 bits per heavy atom. The number of hydrogen-bond donors (Lipinski definition) is 2. The van der Waals surface area contributed by atoms with E-state index in [0.717, 1.165) is 25.7 Å². The average Bonchev–Trinajstić information content (AvgIpc) is 2.48. The van der Waals surface area contributed by atoms with Crippen LogP contribution in [0.1, 0.15) is 44.3 Å². The standard InChI is InChI=1S/C15H23NO3S2/c1-11(17)12-4-3-5-15(10-12)21(18,19)16-13-6-8-14(20-2)9-7-13/h3-5,10-11,13-14,16-17H,6-9H2,1-2H3. The van der Waals surface area contributed by atoms with Crippen molar-refractivity contribution in [3.05, 3.63) is 29.8 Å². The van der Waals surface area contributed by atoms with Gasteiger partial charge >= 0.3 is 0 Å². The Morgan fingerprint density at radius 3 is 2.52 bits per heavy atom. The molecule has 1 aromatic carbocycles. The van der Waals surface area contributed by atoms with Crippen molar-refractivity contribution in [1.29, 1.82) is 0 Å². The first-order valence-electron chi connectivity index (χ1n) is 7.25. The summed E-state index contributed by atoms with van der Waals surface area (Å²) in [5.74, 6) is 0. The van der Waals surface area contributed by atoms with E-state index in [4.69, 9.17) is 0 Å². The molecule has 0 radical (unpaired) electrons. The molecule has 0 aliphatic heterocycles. The molecule has 0 aromatic heterocycles. The lowest BCUT2D eigenvalue weighted by Crippen LogP contribution is -2.38. The van der Waals surface area contributed by atoms with Crippen molar-refractivity contribution in [1.82, 2.24) is 4.72 Å². The molecule has 1 aliphatic carbocycles. The minimum Gasteiger partial charge on any atom is -0.389 e. The number of thioether (sulfide) groups is 1. The number of sulfonamides is 1. The van der Waals surface area contributed by atoms with E-state index in [1.54, 1.807) is 31.2 Å². The van der Waals surface area contributed by atoms with Crippen LogP contribution in [0.25, 0.3) is 0 Å². The second-order valence-corrected chi connectivity index (χ2v) is 8.43. The number of rotatable bonds is 5. The number of hydrogen-bond acceptors (Lipinski definition) is 4. The number of benzene rings is 1. The molecule has 1 fully saturated rings. The maximum absolute atomic E-state index is 12.4. The Morgan fingerprint density at radius 1 is 1.29 bits per heavy atom. The van der Waals surface area contributed by atoms with Gasteiger partial charge in [0, 0.05) is 11.3 Å². The van der Waals surface area contributed by atoms with Gasteiger partial charge in [-0.1, -0.05) is 12.1 Å². The second kappa shape index (κ2) is 7.13. The van der Waals surface area contributed by atoms with Crippen LogP contribution in [0, 0.1) is 0 Å². The molecule has 6 heteroatoms. The van der Waals surface area contributed by atoms with Gasteiger partial charge in [0.15, 0.2) is 0 Å². The highest BCUT2D eigenvalue weighted by atomic mass is 32.2. The van der Waals surface area contributed by atoms with Gasteiger partial charge in [0.2, 0.25) is 10.0 Å².